The quantitative estimate of drug-likeness (QED) is 0.627. The van der Waals surface area contributed by atoms with Gasteiger partial charge in [-0.15, -0.1) is 0 Å². The summed E-state index contributed by atoms with van der Waals surface area (Å²) in [6, 6.07) is 18.1. The summed E-state index contributed by atoms with van der Waals surface area (Å²) in [6.07, 6.45) is 7.18. The molecule has 4 aliphatic rings. The van der Waals surface area contributed by atoms with Crippen molar-refractivity contribution in [3.63, 3.8) is 0 Å². The highest BCUT2D eigenvalue weighted by Gasteiger charge is 2.41. The number of allylic oxidation sites excluding steroid dienone is 4. The maximum absolute atomic E-state index is 2.39. The third-order valence-corrected chi connectivity index (χ3v) is 5.14. The molecule has 2 bridgehead atoms. The van der Waals surface area contributed by atoms with Crippen LogP contribution in [0.4, 0.5) is 0 Å². The Hall–Kier alpha value is -2.08. The molecular weight excluding hydrogens is 240 g/mol. The van der Waals surface area contributed by atoms with Crippen molar-refractivity contribution < 1.29 is 0 Å². The largest absolute Gasteiger partial charge is 0.0839 e. The van der Waals surface area contributed by atoms with Gasteiger partial charge in [-0.25, -0.2) is 0 Å². The van der Waals surface area contributed by atoms with E-state index >= 15 is 0 Å². The molecule has 0 N–H and O–H groups in total. The van der Waals surface area contributed by atoms with Crippen LogP contribution in [0.2, 0.25) is 0 Å². The zero-order valence-electron chi connectivity index (χ0n) is 11.3. The van der Waals surface area contributed by atoms with Crippen LogP contribution in [0.5, 0.6) is 0 Å². The molecule has 96 valence electrons. The highest BCUT2D eigenvalue weighted by atomic mass is 14.4. The Morgan fingerprint density at radius 2 is 1.25 bits per heavy atom. The third-order valence-electron chi connectivity index (χ3n) is 5.14. The summed E-state index contributed by atoms with van der Waals surface area (Å²) in [7, 11) is 0. The molecule has 0 aromatic heterocycles. The molecule has 0 atom stereocenters. The summed E-state index contributed by atoms with van der Waals surface area (Å²) >= 11 is 0. The zero-order chi connectivity index (χ0) is 13.1. The van der Waals surface area contributed by atoms with Gasteiger partial charge in [0.1, 0.15) is 0 Å². The smallest absolute Gasteiger partial charge is 0.0345 e. The van der Waals surface area contributed by atoms with Crippen LogP contribution in [-0.2, 0) is 0 Å². The maximum Gasteiger partial charge on any atom is 0.0345 e. The second-order valence-electron chi connectivity index (χ2n) is 6.05. The lowest BCUT2D eigenvalue weighted by Gasteiger charge is -2.44. The van der Waals surface area contributed by atoms with Crippen molar-refractivity contribution in [1.29, 1.82) is 0 Å². The van der Waals surface area contributed by atoms with E-state index < -0.39 is 0 Å². The van der Waals surface area contributed by atoms with Crippen molar-refractivity contribution in [2.45, 2.75) is 24.7 Å². The molecule has 0 radical (unpaired) electrons. The van der Waals surface area contributed by atoms with Gasteiger partial charge in [0, 0.05) is 11.8 Å². The zero-order valence-corrected chi connectivity index (χ0v) is 11.3. The predicted molar refractivity (Wildman–Crippen MR) is 82.0 cm³/mol. The lowest BCUT2D eigenvalue weighted by molar-refractivity contribution is 0.692. The first kappa shape index (κ1) is 10.7. The Labute approximate surface area is 119 Å². The van der Waals surface area contributed by atoms with Gasteiger partial charge in [0.05, 0.1) is 0 Å². The second-order valence-corrected chi connectivity index (χ2v) is 6.05. The lowest BCUT2D eigenvalue weighted by atomic mass is 9.59. The van der Waals surface area contributed by atoms with Gasteiger partial charge < -0.3 is 0 Å². The van der Waals surface area contributed by atoms with Crippen molar-refractivity contribution in [2.75, 3.05) is 0 Å². The molecular formula is C20H16. The third kappa shape index (κ3) is 1.17. The van der Waals surface area contributed by atoms with E-state index in [4.69, 9.17) is 0 Å². The van der Waals surface area contributed by atoms with E-state index in [-0.39, 0.29) is 0 Å². The van der Waals surface area contributed by atoms with Gasteiger partial charge in [-0.3, -0.25) is 0 Å². The number of benzene rings is 2. The highest BCUT2D eigenvalue weighted by Crippen LogP contribution is 2.57. The molecule has 4 aliphatic carbocycles. The average Bonchev–Trinajstić information content (AvgIpc) is 2.54. The molecule has 0 spiro atoms. The molecule has 0 nitrogen and oxygen atoms in total. The fourth-order valence-electron chi connectivity index (χ4n) is 4.41. The lowest BCUT2D eigenvalue weighted by Crippen LogP contribution is -2.28. The molecule has 0 fully saturated rings. The standard InChI is InChI=1S/C20H16/c1-2-8-14-13(7-1)19-15-9-3-5-11-17(15)20(14)18-12-6-4-10-16(18)19/h1-5,7-11,19-20H,6,12H2. The van der Waals surface area contributed by atoms with Gasteiger partial charge in [-0.2, -0.15) is 0 Å². The molecule has 2 aromatic rings. The predicted octanol–water partition coefficient (Wildman–Crippen LogP) is 4.92. The maximum atomic E-state index is 2.39. The minimum Gasteiger partial charge on any atom is -0.0839 e. The molecule has 0 heterocycles. The van der Waals surface area contributed by atoms with E-state index in [0.29, 0.717) is 11.8 Å². The van der Waals surface area contributed by atoms with Gasteiger partial charge in [0.15, 0.2) is 0 Å². The summed E-state index contributed by atoms with van der Waals surface area (Å²) in [5.74, 6) is 0.978. The Morgan fingerprint density at radius 3 is 1.85 bits per heavy atom. The van der Waals surface area contributed by atoms with Gasteiger partial charge in [-0.1, -0.05) is 66.3 Å². The molecule has 0 aliphatic heterocycles. The SMILES string of the molecule is C1=CC2=C(CC1)C1c3ccccc3C2c2ccccc21. The van der Waals surface area contributed by atoms with E-state index in [9.17, 15) is 0 Å². The molecule has 20 heavy (non-hydrogen) atoms. The van der Waals surface area contributed by atoms with Crippen molar-refractivity contribution in [3.05, 3.63) is 94.1 Å². The number of rotatable bonds is 0. The second kappa shape index (κ2) is 3.73. The Morgan fingerprint density at radius 1 is 0.700 bits per heavy atom. The van der Waals surface area contributed by atoms with Crippen LogP contribution >= 0.6 is 0 Å². The summed E-state index contributed by atoms with van der Waals surface area (Å²) in [6.45, 7) is 0. The van der Waals surface area contributed by atoms with Crippen molar-refractivity contribution >= 4 is 0 Å². The molecule has 0 amide bonds. The van der Waals surface area contributed by atoms with Gasteiger partial charge in [0.2, 0.25) is 0 Å². The average molecular weight is 256 g/mol. The summed E-state index contributed by atoms with van der Waals surface area (Å²) in [5.41, 5.74) is 9.41. The van der Waals surface area contributed by atoms with Gasteiger partial charge >= 0.3 is 0 Å². The van der Waals surface area contributed by atoms with Gasteiger partial charge in [-0.05, 0) is 40.7 Å². The summed E-state index contributed by atoms with van der Waals surface area (Å²) in [4.78, 5) is 0. The first-order valence-corrected chi connectivity index (χ1v) is 7.52. The van der Waals surface area contributed by atoms with Crippen LogP contribution in [0.3, 0.4) is 0 Å². The molecule has 2 aromatic carbocycles. The minimum absolute atomic E-state index is 0.471. The van der Waals surface area contributed by atoms with Gasteiger partial charge in [0.25, 0.3) is 0 Å². The topological polar surface area (TPSA) is 0 Å². The molecule has 6 rings (SSSR count). The first-order chi connectivity index (χ1) is 9.95. The van der Waals surface area contributed by atoms with Crippen molar-refractivity contribution in [3.8, 4) is 0 Å². The number of hydrogen-bond acceptors (Lipinski definition) is 0. The van der Waals surface area contributed by atoms with E-state index in [0.717, 1.165) is 0 Å². The monoisotopic (exact) mass is 256 g/mol. The van der Waals surface area contributed by atoms with Crippen LogP contribution in [0.25, 0.3) is 0 Å². The normalized spacial score (nSPS) is 25.2. The summed E-state index contributed by atoms with van der Waals surface area (Å²) < 4.78 is 0. The summed E-state index contributed by atoms with van der Waals surface area (Å²) in [5, 5.41) is 0. The Kier molecular flexibility index (Phi) is 1.99. The van der Waals surface area contributed by atoms with Crippen LogP contribution in [0, 0.1) is 0 Å². The molecule has 0 saturated heterocycles. The minimum atomic E-state index is 0.471. The van der Waals surface area contributed by atoms with Crippen molar-refractivity contribution in [2.24, 2.45) is 0 Å². The molecule has 0 heteroatoms. The Balaban J connectivity index is 1.88. The van der Waals surface area contributed by atoms with Crippen LogP contribution < -0.4 is 0 Å². The molecule has 0 saturated carbocycles. The van der Waals surface area contributed by atoms with E-state index in [1.807, 2.05) is 0 Å². The van der Waals surface area contributed by atoms with E-state index in [2.05, 4.69) is 60.7 Å². The van der Waals surface area contributed by atoms with E-state index in [1.165, 1.54) is 24.0 Å². The highest BCUT2D eigenvalue weighted by molar-refractivity contribution is 5.67. The molecule has 0 unspecified atom stereocenters. The fraction of sp³-hybridized carbons (Fsp3) is 0.200. The number of hydrogen-bond donors (Lipinski definition) is 0. The van der Waals surface area contributed by atoms with Crippen LogP contribution in [0.15, 0.2) is 71.8 Å². The van der Waals surface area contributed by atoms with E-state index in [1.54, 1.807) is 22.3 Å². The van der Waals surface area contributed by atoms with Crippen molar-refractivity contribution in [1.82, 2.24) is 0 Å². The fourth-order valence-corrected chi connectivity index (χ4v) is 4.41. The van der Waals surface area contributed by atoms with Crippen LogP contribution in [-0.4, -0.2) is 0 Å². The van der Waals surface area contributed by atoms with Crippen LogP contribution in [0.1, 0.15) is 46.9 Å². The first-order valence-electron chi connectivity index (χ1n) is 7.52. The Bertz CT molecular complexity index is 729.